The quantitative estimate of drug-likeness (QED) is 0.691. The summed E-state index contributed by atoms with van der Waals surface area (Å²) >= 11 is 0. The molecule has 0 unspecified atom stereocenters. The van der Waals surface area contributed by atoms with E-state index in [2.05, 4.69) is 33.8 Å². The summed E-state index contributed by atoms with van der Waals surface area (Å²) in [7, 11) is 0. The Morgan fingerprint density at radius 1 is 1.18 bits per heavy atom. The van der Waals surface area contributed by atoms with Gasteiger partial charge in [0.1, 0.15) is 5.75 Å². The van der Waals surface area contributed by atoms with Crippen LogP contribution in [0.2, 0.25) is 0 Å². The van der Waals surface area contributed by atoms with Gasteiger partial charge in [-0.05, 0) is 43.7 Å². The largest absolute Gasteiger partial charge is 0.493 e. The molecule has 1 aliphatic rings. The molecule has 0 aromatic heterocycles. The summed E-state index contributed by atoms with van der Waals surface area (Å²) in [6, 6.07) is 4.19. The molecule has 0 aliphatic heterocycles. The topological polar surface area (TPSA) is 26.3 Å². The molecule has 0 bridgehead atoms. The Morgan fingerprint density at radius 2 is 1.82 bits per heavy atom. The monoisotopic (exact) mass is 302 g/mol. The van der Waals surface area contributed by atoms with Crippen LogP contribution < -0.4 is 4.74 Å². The Balaban J connectivity index is 2.48. The van der Waals surface area contributed by atoms with Crippen LogP contribution in [-0.4, -0.2) is 12.4 Å². The summed E-state index contributed by atoms with van der Waals surface area (Å²) in [5.74, 6) is 1.29. The number of ether oxygens (including phenoxy) is 1. The summed E-state index contributed by atoms with van der Waals surface area (Å²) in [4.78, 5) is 13.0. The summed E-state index contributed by atoms with van der Waals surface area (Å²) in [6.07, 6.45) is 5.69. The number of carbonyl (C=O) groups is 1. The lowest BCUT2D eigenvalue weighted by molar-refractivity contribution is 0.0885. The number of hydrogen-bond donors (Lipinski definition) is 0. The van der Waals surface area contributed by atoms with Crippen molar-refractivity contribution in [2.24, 2.45) is 5.92 Å². The van der Waals surface area contributed by atoms with Crippen LogP contribution >= 0.6 is 0 Å². The summed E-state index contributed by atoms with van der Waals surface area (Å²) in [6.45, 7) is 11.2. The molecule has 0 atom stereocenters. The maximum absolute atomic E-state index is 13.0. The molecule has 1 fully saturated rings. The minimum absolute atomic E-state index is 0.0296. The summed E-state index contributed by atoms with van der Waals surface area (Å²) < 4.78 is 5.94. The Morgan fingerprint density at radius 3 is 2.36 bits per heavy atom. The van der Waals surface area contributed by atoms with Gasteiger partial charge in [0.05, 0.1) is 12.2 Å². The molecule has 2 heteroatoms. The average Bonchev–Trinajstić information content (AvgIpc) is 2.48. The van der Waals surface area contributed by atoms with E-state index in [1.165, 1.54) is 19.3 Å². The molecule has 1 aromatic carbocycles. The van der Waals surface area contributed by atoms with E-state index in [1.54, 1.807) is 0 Å². The van der Waals surface area contributed by atoms with Crippen molar-refractivity contribution in [3.8, 4) is 5.75 Å². The first-order valence-corrected chi connectivity index (χ1v) is 8.66. The van der Waals surface area contributed by atoms with E-state index in [4.69, 9.17) is 4.74 Å². The molecule has 0 radical (unpaired) electrons. The number of ketones is 1. The van der Waals surface area contributed by atoms with Gasteiger partial charge in [0.2, 0.25) is 0 Å². The van der Waals surface area contributed by atoms with E-state index in [9.17, 15) is 4.79 Å². The second-order valence-corrected chi connectivity index (χ2v) is 7.57. The van der Waals surface area contributed by atoms with Crippen molar-refractivity contribution in [3.63, 3.8) is 0 Å². The van der Waals surface area contributed by atoms with Crippen molar-refractivity contribution >= 4 is 5.78 Å². The van der Waals surface area contributed by atoms with Gasteiger partial charge in [-0.3, -0.25) is 4.79 Å². The van der Waals surface area contributed by atoms with Crippen molar-refractivity contribution in [2.45, 2.75) is 72.1 Å². The number of Topliss-reactive ketones (excluding diaryl/α,β-unsaturated/α-hetero) is 1. The molecule has 2 rings (SSSR count). The Kier molecular flexibility index (Phi) is 5.31. The maximum Gasteiger partial charge on any atom is 0.169 e. The van der Waals surface area contributed by atoms with Crippen molar-refractivity contribution in [1.29, 1.82) is 0 Å². The standard InChI is InChI=1S/C20H30O2/c1-6-22-19-16(18(21)15-10-8-7-9-11-15)12-14(2)13-17(19)20(3,4)5/h12-13,15H,6-11H2,1-5H3. The molecule has 22 heavy (non-hydrogen) atoms. The zero-order chi connectivity index (χ0) is 16.3. The Hall–Kier alpha value is -1.31. The van der Waals surface area contributed by atoms with Gasteiger partial charge >= 0.3 is 0 Å². The number of hydrogen-bond acceptors (Lipinski definition) is 2. The summed E-state index contributed by atoms with van der Waals surface area (Å²) in [5.41, 5.74) is 3.07. The maximum atomic E-state index is 13.0. The number of carbonyl (C=O) groups excluding carboxylic acids is 1. The molecule has 0 heterocycles. The lowest BCUT2D eigenvalue weighted by atomic mass is 9.80. The minimum atomic E-state index is -0.0296. The van der Waals surface area contributed by atoms with Crippen LogP contribution in [0.25, 0.3) is 0 Å². The number of aryl methyl sites for hydroxylation is 1. The second-order valence-electron chi connectivity index (χ2n) is 7.57. The van der Waals surface area contributed by atoms with Crippen LogP contribution in [0.4, 0.5) is 0 Å². The SMILES string of the molecule is CCOc1c(C(=O)C2CCCCC2)cc(C)cc1C(C)(C)C. The molecule has 2 nitrogen and oxygen atoms in total. The predicted octanol–water partition coefficient (Wildman–Crippen LogP) is 5.45. The van der Waals surface area contributed by atoms with Gasteiger partial charge in [-0.2, -0.15) is 0 Å². The lowest BCUT2D eigenvalue weighted by Crippen LogP contribution is -2.21. The van der Waals surface area contributed by atoms with E-state index < -0.39 is 0 Å². The first-order valence-electron chi connectivity index (χ1n) is 8.66. The fourth-order valence-electron chi connectivity index (χ4n) is 3.40. The highest BCUT2D eigenvalue weighted by Gasteiger charge is 2.29. The summed E-state index contributed by atoms with van der Waals surface area (Å²) in [5, 5.41) is 0. The molecule has 0 spiro atoms. The fourth-order valence-corrected chi connectivity index (χ4v) is 3.40. The molecule has 122 valence electrons. The van der Waals surface area contributed by atoms with E-state index in [0.29, 0.717) is 6.61 Å². The van der Waals surface area contributed by atoms with Gasteiger partial charge in [0, 0.05) is 11.5 Å². The van der Waals surface area contributed by atoms with E-state index in [1.807, 2.05) is 13.0 Å². The smallest absolute Gasteiger partial charge is 0.169 e. The molecular formula is C20H30O2. The van der Waals surface area contributed by atoms with Gasteiger partial charge in [0.25, 0.3) is 0 Å². The van der Waals surface area contributed by atoms with Gasteiger partial charge in [-0.15, -0.1) is 0 Å². The first-order chi connectivity index (χ1) is 10.3. The molecular weight excluding hydrogens is 272 g/mol. The number of benzene rings is 1. The highest BCUT2D eigenvalue weighted by atomic mass is 16.5. The highest BCUT2D eigenvalue weighted by molar-refractivity contribution is 6.01. The van der Waals surface area contributed by atoms with Crippen LogP contribution in [0.5, 0.6) is 5.75 Å². The highest BCUT2D eigenvalue weighted by Crippen LogP contribution is 2.38. The normalized spacial score (nSPS) is 16.6. The molecule has 1 saturated carbocycles. The minimum Gasteiger partial charge on any atom is -0.493 e. The van der Waals surface area contributed by atoms with Crippen LogP contribution in [0, 0.1) is 12.8 Å². The molecule has 0 amide bonds. The fraction of sp³-hybridized carbons (Fsp3) is 0.650. The van der Waals surface area contributed by atoms with E-state index >= 15 is 0 Å². The molecule has 1 aliphatic carbocycles. The van der Waals surface area contributed by atoms with Crippen LogP contribution in [-0.2, 0) is 5.41 Å². The Labute approximate surface area is 135 Å². The third-order valence-corrected chi connectivity index (χ3v) is 4.57. The molecule has 0 N–H and O–H groups in total. The molecule has 1 aromatic rings. The van der Waals surface area contributed by atoms with E-state index in [0.717, 1.165) is 35.3 Å². The first kappa shape index (κ1) is 17.1. The lowest BCUT2D eigenvalue weighted by Gasteiger charge is -2.27. The van der Waals surface area contributed by atoms with Gasteiger partial charge in [-0.1, -0.05) is 46.1 Å². The van der Waals surface area contributed by atoms with Crippen LogP contribution in [0.1, 0.15) is 81.3 Å². The van der Waals surface area contributed by atoms with Crippen molar-refractivity contribution in [1.82, 2.24) is 0 Å². The zero-order valence-electron chi connectivity index (χ0n) is 14.8. The number of rotatable bonds is 4. The molecule has 0 saturated heterocycles. The van der Waals surface area contributed by atoms with Crippen molar-refractivity contribution in [3.05, 3.63) is 28.8 Å². The van der Waals surface area contributed by atoms with Gasteiger partial charge < -0.3 is 4.74 Å². The third-order valence-electron chi connectivity index (χ3n) is 4.57. The van der Waals surface area contributed by atoms with Gasteiger partial charge in [0.15, 0.2) is 5.78 Å². The average molecular weight is 302 g/mol. The second kappa shape index (κ2) is 6.85. The van der Waals surface area contributed by atoms with Crippen molar-refractivity contribution < 1.29 is 9.53 Å². The zero-order valence-corrected chi connectivity index (χ0v) is 14.8. The predicted molar refractivity (Wildman–Crippen MR) is 92.0 cm³/mol. The third kappa shape index (κ3) is 3.71. The van der Waals surface area contributed by atoms with Crippen LogP contribution in [0.3, 0.4) is 0 Å². The van der Waals surface area contributed by atoms with Crippen molar-refractivity contribution in [2.75, 3.05) is 6.61 Å². The van der Waals surface area contributed by atoms with E-state index in [-0.39, 0.29) is 17.1 Å². The Bertz CT molecular complexity index is 531. The van der Waals surface area contributed by atoms with Gasteiger partial charge in [-0.25, -0.2) is 0 Å². The van der Waals surface area contributed by atoms with Crippen LogP contribution in [0.15, 0.2) is 12.1 Å².